The van der Waals surface area contributed by atoms with E-state index >= 15 is 0 Å². The van der Waals surface area contributed by atoms with Crippen molar-refractivity contribution in [3.05, 3.63) is 29.3 Å². The third-order valence-electron chi connectivity index (χ3n) is 4.96. The standard InChI is InChI=1S/C21H26N2O5/c1-13(2)28-18-14(8-7-11-17(18)27-3)12-16-19(24)22-21(26)23(20(16)25)15-9-5-4-6-10-15/h7-8,11-13,15H,4-6,9-10H2,1-3H3,(H,22,24,26). The van der Waals surface area contributed by atoms with Crippen molar-refractivity contribution in [3.63, 3.8) is 0 Å². The zero-order valence-corrected chi connectivity index (χ0v) is 16.5. The van der Waals surface area contributed by atoms with Crippen LogP contribution in [-0.2, 0) is 9.59 Å². The van der Waals surface area contributed by atoms with Crippen molar-refractivity contribution < 1.29 is 23.9 Å². The molecule has 7 heteroatoms. The Hall–Kier alpha value is -2.83. The average Bonchev–Trinajstić information content (AvgIpc) is 2.66. The predicted molar refractivity (Wildman–Crippen MR) is 104 cm³/mol. The van der Waals surface area contributed by atoms with Crippen LogP contribution >= 0.6 is 0 Å². The van der Waals surface area contributed by atoms with E-state index in [2.05, 4.69) is 5.32 Å². The lowest BCUT2D eigenvalue weighted by Gasteiger charge is -2.35. The van der Waals surface area contributed by atoms with Gasteiger partial charge in [-0.15, -0.1) is 0 Å². The lowest BCUT2D eigenvalue weighted by atomic mass is 9.93. The van der Waals surface area contributed by atoms with Gasteiger partial charge in [-0.1, -0.05) is 31.4 Å². The van der Waals surface area contributed by atoms with Gasteiger partial charge < -0.3 is 9.47 Å². The largest absolute Gasteiger partial charge is 0.493 e. The molecule has 0 aromatic heterocycles. The van der Waals surface area contributed by atoms with Crippen molar-refractivity contribution in [2.24, 2.45) is 0 Å². The molecule has 0 bridgehead atoms. The third-order valence-corrected chi connectivity index (χ3v) is 4.96. The van der Waals surface area contributed by atoms with E-state index in [0.29, 0.717) is 17.1 Å². The van der Waals surface area contributed by atoms with Crippen LogP contribution in [0.25, 0.3) is 6.08 Å². The second-order valence-electron chi connectivity index (χ2n) is 7.33. The summed E-state index contributed by atoms with van der Waals surface area (Å²) in [6.45, 7) is 3.76. The van der Waals surface area contributed by atoms with E-state index in [-0.39, 0.29) is 17.7 Å². The highest BCUT2D eigenvalue weighted by Crippen LogP contribution is 2.34. The SMILES string of the molecule is COc1cccc(C=C2C(=O)NC(=O)N(C3CCCCC3)C2=O)c1OC(C)C. The number of hydrogen-bond donors (Lipinski definition) is 1. The van der Waals surface area contributed by atoms with Crippen LogP contribution in [0.1, 0.15) is 51.5 Å². The number of methoxy groups -OCH3 is 1. The number of nitrogens with zero attached hydrogens (tertiary/aromatic N) is 1. The number of barbiturate groups is 1. The second-order valence-corrected chi connectivity index (χ2v) is 7.33. The van der Waals surface area contributed by atoms with Crippen LogP contribution in [-0.4, -0.2) is 42.0 Å². The van der Waals surface area contributed by atoms with E-state index in [4.69, 9.17) is 9.47 Å². The Morgan fingerprint density at radius 2 is 1.86 bits per heavy atom. The zero-order valence-electron chi connectivity index (χ0n) is 16.5. The van der Waals surface area contributed by atoms with Gasteiger partial charge in [0.15, 0.2) is 11.5 Å². The average molecular weight is 386 g/mol. The Labute approximate surface area is 164 Å². The number of rotatable bonds is 5. The maximum Gasteiger partial charge on any atom is 0.331 e. The van der Waals surface area contributed by atoms with Crippen LogP contribution in [0.5, 0.6) is 11.5 Å². The van der Waals surface area contributed by atoms with Crippen LogP contribution in [0, 0.1) is 0 Å². The quantitative estimate of drug-likeness (QED) is 0.620. The molecule has 1 heterocycles. The molecule has 0 atom stereocenters. The highest BCUT2D eigenvalue weighted by Gasteiger charge is 2.40. The summed E-state index contributed by atoms with van der Waals surface area (Å²) in [4.78, 5) is 39.0. The normalized spacial score (nSPS) is 19.9. The number of carbonyl (C=O) groups is 3. The van der Waals surface area contributed by atoms with Gasteiger partial charge in [-0.25, -0.2) is 4.79 Å². The number of amides is 4. The molecule has 1 saturated carbocycles. The Morgan fingerprint density at radius 1 is 1.14 bits per heavy atom. The summed E-state index contributed by atoms with van der Waals surface area (Å²) in [6, 6.07) is 4.45. The van der Waals surface area contributed by atoms with E-state index < -0.39 is 17.8 Å². The number of para-hydroxylation sites is 1. The molecule has 28 heavy (non-hydrogen) atoms. The molecule has 2 fully saturated rings. The molecule has 3 rings (SSSR count). The smallest absolute Gasteiger partial charge is 0.331 e. The molecular weight excluding hydrogens is 360 g/mol. The number of hydrogen-bond acceptors (Lipinski definition) is 5. The Bertz CT molecular complexity index is 809. The topological polar surface area (TPSA) is 84.9 Å². The predicted octanol–water partition coefficient (Wildman–Crippen LogP) is 3.28. The second kappa shape index (κ2) is 8.46. The lowest BCUT2D eigenvalue weighted by Crippen LogP contribution is -2.58. The lowest BCUT2D eigenvalue weighted by molar-refractivity contribution is -0.132. The van der Waals surface area contributed by atoms with Gasteiger partial charge in [0.1, 0.15) is 5.57 Å². The molecule has 1 saturated heterocycles. The van der Waals surface area contributed by atoms with E-state index in [1.165, 1.54) is 18.1 Å². The maximum atomic E-state index is 13.0. The van der Waals surface area contributed by atoms with Gasteiger partial charge in [0.05, 0.1) is 13.2 Å². The molecule has 1 aliphatic carbocycles. The Morgan fingerprint density at radius 3 is 2.50 bits per heavy atom. The minimum atomic E-state index is -0.694. The zero-order chi connectivity index (χ0) is 20.3. The highest BCUT2D eigenvalue weighted by molar-refractivity contribution is 6.31. The number of benzene rings is 1. The molecule has 1 aromatic rings. The Balaban J connectivity index is 1.99. The summed E-state index contributed by atoms with van der Waals surface area (Å²) in [5.74, 6) is -0.291. The van der Waals surface area contributed by atoms with Crippen molar-refractivity contribution in [2.45, 2.75) is 58.1 Å². The van der Waals surface area contributed by atoms with Crippen molar-refractivity contribution >= 4 is 23.9 Å². The van der Waals surface area contributed by atoms with Crippen LogP contribution in [0.4, 0.5) is 4.79 Å². The summed E-state index contributed by atoms with van der Waals surface area (Å²) in [5.41, 5.74) is 0.469. The molecule has 150 valence electrons. The molecule has 4 amide bonds. The fourth-order valence-corrected chi connectivity index (χ4v) is 3.67. The third kappa shape index (κ3) is 4.03. The summed E-state index contributed by atoms with van der Waals surface area (Å²) in [5, 5.41) is 2.30. The van der Waals surface area contributed by atoms with E-state index in [9.17, 15) is 14.4 Å². The number of urea groups is 1. The number of nitrogens with one attached hydrogen (secondary N) is 1. The molecule has 2 aliphatic rings. The molecular formula is C21H26N2O5. The fourth-order valence-electron chi connectivity index (χ4n) is 3.67. The van der Waals surface area contributed by atoms with E-state index in [0.717, 1.165) is 32.1 Å². The maximum absolute atomic E-state index is 13.0. The monoisotopic (exact) mass is 386 g/mol. The van der Waals surface area contributed by atoms with Crippen LogP contribution in [0.3, 0.4) is 0 Å². The van der Waals surface area contributed by atoms with Gasteiger partial charge in [0.25, 0.3) is 11.8 Å². The fraction of sp³-hybridized carbons (Fsp3) is 0.476. The van der Waals surface area contributed by atoms with Gasteiger partial charge >= 0.3 is 6.03 Å². The molecule has 1 aliphatic heterocycles. The Kier molecular flexibility index (Phi) is 6.02. The molecule has 7 nitrogen and oxygen atoms in total. The van der Waals surface area contributed by atoms with Crippen molar-refractivity contribution in [2.75, 3.05) is 7.11 Å². The summed E-state index contributed by atoms with van der Waals surface area (Å²) >= 11 is 0. The van der Waals surface area contributed by atoms with Crippen molar-refractivity contribution in [1.82, 2.24) is 10.2 Å². The van der Waals surface area contributed by atoms with E-state index in [1.807, 2.05) is 13.8 Å². The summed E-state index contributed by atoms with van der Waals surface area (Å²) in [7, 11) is 1.53. The first-order valence-corrected chi connectivity index (χ1v) is 9.66. The van der Waals surface area contributed by atoms with Gasteiger partial charge in [-0.2, -0.15) is 0 Å². The first kappa shape index (κ1) is 19.9. The molecule has 0 unspecified atom stereocenters. The van der Waals surface area contributed by atoms with Gasteiger partial charge in [-0.3, -0.25) is 19.8 Å². The van der Waals surface area contributed by atoms with Crippen molar-refractivity contribution in [3.8, 4) is 11.5 Å². The summed E-state index contributed by atoms with van der Waals surface area (Å²) in [6.07, 6.45) is 5.92. The van der Waals surface area contributed by atoms with Gasteiger partial charge in [0, 0.05) is 11.6 Å². The van der Waals surface area contributed by atoms with Gasteiger partial charge in [0.2, 0.25) is 0 Å². The van der Waals surface area contributed by atoms with E-state index in [1.54, 1.807) is 18.2 Å². The minimum absolute atomic E-state index is 0.0768. The minimum Gasteiger partial charge on any atom is -0.493 e. The molecule has 1 aromatic carbocycles. The van der Waals surface area contributed by atoms with Crippen LogP contribution < -0.4 is 14.8 Å². The van der Waals surface area contributed by atoms with Crippen molar-refractivity contribution in [1.29, 1.82) is 0 Å². The summed E-state index contributed by atoms with van der Waals surface area (Å²) < 4.78 is 11.2. The molecule has 0 spiro atoms. The highest BCUT2D eigenvalue weighted by atomic mass is 16.5. The molecule has 0 radical (unpaired) electrons. The van der Waals surface area contributed by atoms with Crippen LogP contribution in [0.15, 0.2) is 23.8 Å². The van der Waals surface area contributed by atoms with Crippen LogP contribution in [0.2, 0.25) is 0 Å². The number of imide groups is 2. The first-order chi connectivity index (χ1) is 13.4. The van der Waals surface area contributed by atoms with Gasteiger partial charge in [-0.05, 0) is 38.8 Å². The first-order valence-electron chi connectivity index (χ1n) is 9.66. The number of ether oxygens (including phenoxy) is 2. The number of carbonyl (C=O) groups excluding carboxylic acids is 3. The molecule has 1 N–H and O–H groups in total.